The summed E-state index contributed by atoms with van der Waals surface area (Å²) in [6.07, 6.45) is 0. The number of nitro groups is 1. The van der Waals surface area contributed by atoms with E-state index in [0.717, 1.165) is 0 Å². The molecule has 0 aliphatic heterocycles. The standard InChI is InChI=1S/C18H17N3O7/c1-20(18(25)12-3-2-4-14(9-12)21(26)27)13-5-7-15(8-6-13)28-11-16(22)19-10-17(23)24/h2-9H,10-11H2,1H3,(H,19,22)(H,23,24). The molecular weight excluding hydrogens is 370 g/mol. The fraction of sp³-hybridized carbons (Fsp3) is 0.167. The van der Waals surface area contributed by atoms with Crippen LogP contribution in [0.1, 0.15) is 10.4 Å². The quantitative estimate of drug-likeness (QED) is 0.516. The van der Waals surface area contributed by atoms with Gasteiger partial charge in [0.15, 0.2) is 6.61 Å². The third-order valence-electron chi connectivity index (χ3n) is 3.64. The van der Waals surface area contributed by atoms with Crippen LogP contribution in [-0.2, 0) is 9.59 Å². The first-order valence-corrected chi connectivity index (χ1v) is 8.02. The van der Waals surface area contributed by atoms with Crippen molar-refractivity contribution in [1.29, 1.82) is 0 Å². The lowest BCUT2D eigenvalue weighted by atomic mass is 10.1. The van der Waals surface area contributed by atoms with Crippen LogP contribution in [0.5, 0.6) is 5.75 Å². The number of non-ortho nitro benzene ring substituents is 1. The molecule has 10 nitrogen and oxygen atoms in total. The van der Waals surface area contributed by atoms with Gasteiger partial charge in [-0.1, -0.05) is 6.07 Å². The summed E-state index contributed by atoms with van der Waals surface area (Å²) >= 11 is 0. The zero-order chi connectivity index (χ0) is 20.7. The number of nitro benzene ring substituents is 1. The Balaban J connectivity index is 1.99. The van der Waals surface area contributed by atoms with Gasteiger partial charge in [0.2, 0.25) is 0 Å². The Bertz CT molecular complexity index is 896. The molecule has 0 spiro atoms. The van der Waals surface area contributed by atoms with Crippen molar-refractivity contribution in [1.82, 2.24) is 5.32 Å². The van der Waals surface area contributed by atoms with Crippen molar-refractivity contribution in [2.24, 2.45) is 0 Å². The number of carboxylic acids is 1. The molecule has 0 aliphatic carbocycles. The Labute approximate surface area is 159 Å². The highest BCUT2D eigenvalue weighted by atomic mass is 16.6. The molecule has 0 radical (unpaired) electrons. The number of aliphatic carboxylic acids is 1. The van der Waals surface area contributed by atoms with E-state index in [-0.39, 0.29) is 17.9 Å². The van der Waals surface area contributed by atoms with Crippen molar-refractivity contribution in [2.45, 2.75) is 0 Å². The van der Waals surface area contributed by atoms with Crippen molar-refractivity contribution in [3.63, 3.8) is 0 Å². The molecule has 2 aromatic rings. The van der Waals surface area contributed by atoms with Gasteiger partial charge in [0.25, 0.3) is 17.5 Å². The molecule has 2 aromatic carbocycles. The second kappa shape index (κ2) is 9.12. The Morgan fingerprint density at radius 3 is 2.46 bits per heavy atom. The van der Waals surface area contributed by atoms with Gasteiger partial charge in [0.1, 0.15) is 12.3 Å². The summed E-state index contributed by atoms with van der Waals surface area (Å²) in [4.78, 5) is 45.9. The molecule has 28 heavy (non-hydrogen) atoms. The Hall–Kier alpha value is -3.95. The van der Waals surface area contributed by atoms with Crippen molar-refractivity contribution in [3.05, 3.63) is 64.2 Å². The molecule has 0 heterocycles. The first kappa shape index (κ1) is 20.4. The van der Waals surface area contributed by atoms with E-state index in [4.69, 9.17) is 9.84 Å². The smallest absolute Gasteiger partial charge is 0.322 e. The van der Waals surface area contributed by atoms with Crippen LogP contribution in [0.3, 0.4) is 0 Å². The van der Waals surface area contributed by atoms with Gasteiger partial charge in [-0.2, -0.15) is 0 Å². The number of benzene rings is 2. The summed E-state index contributed by atoms with van der Waals surface area (Å²) in [7, 11) is 1.52. The molecule has 2 rings (SSSR count). The van der Waals surface area contributed by atoms with E-state index in [1.165, 1.54) is 48.3 Å². The molecule has 0 aliphatic rings. The summed E-state index contributed by atoms with van der Waals surface area (Å²) < 4.78 is 5.24. The molecule has 2 amide bonds. The van der Waals surface area contributed by atoms with Crippen LogP contribution in [-0.4, -0.2) is 48.0 Å². The summed E-state index contributed by atoms with van der Waals surface area (Å²) in [6, 6.07) is 11.7. The number of carbonyl (C=O) groups excluding carboxylic acids is 2. The van der Waals surface area contributed by atoms with Crippen LogP contribution in [0.2, 0.25) is 0 Å². The van der Waals surface area contributed by atoms with Crippen molar-refractivity contribution in [2.75, 3.05) is 25.1 Å². The number of nitrogens with one attached hydrogen (secondary N) is 1. The molecule has 0 bridgehead atoms. The van der Waals surface area contributed by atoms with E-state index in [1.54, 1.807) is 12.1 Å². The number of hydrogen-bond acceptors (Lipinski definition) is 6. The Morgan fingerprint density at radius 2 is 1.86 bits per heavy atom. The lowest BCUT2D eigenvalue weighted by molar-refractivity contribution is -0.384. The largest absolute Gasteiger partial charge is 0.484 e. The molecule has 0 fully saturated rings. The van der Waals surface area contributed by atoms with Crippen LogP contribution in [0.25, 0.3) is 0 Å². The molecule has 0 atom stereocenters. The molecule has 146 valence electrons. The third-order valence-corrected chi connectivity index (χ3v) is 3.64. The van der Waals surface area contributed by atoms with Crippen LogP contribution >= 0.6 is 0 Å². The number of amides is 2. The van der Waals surface area contributed by atoms with Gasteiger partial charge >= 0.3 is 5.97 Å². The Morgan fingerprint density at radius 1 is 1.18 bits per heavy atom. The average molecular weight is 387 g/mol. The van der Waals surface area contributed by atoms with E-state index in [1.807, 2.05) is 0 Å². The number of hydrogen-bond donors (Lipinski definition) is 2. The molecule has 0 aromatic heterocycles. The predicted molar refractivity (Wildman–Crippen MR) is 98.4 cm³/mol. The minimum atomic E-state index is -1.16. The summed E-state index contributed by atoms with van der Waals surface area (Å²) in [5.41, 5.74) is 0.510. The van der Waals surface area contributed by atoms with Gasteiger partial charge in [0.05, 0.1) is 4.92 Å². The number of rotatable bonds is 8. The minimum Gasteiger partial charge on any atom is -0.484 e. The molecule has 0 saturated heterocycles. The highest BCUT2D eigenvalue weighted by Gasteiger charge is 2.16. The number of anilines is 1. The summed E-state index contributed by atoms with van der Waals surface area (Å²) in [5.74, 6) is -1.81. The normalized spacial score (nSPS) is 10.0. The van der Waals surface area contributed by atoms with Crippen LogP contribution in [0.15, 0.2) is 48.5 Å². The summed E-state index contributed by atoms with van der Waals surface area (Å²) in [5, 5.41) is 21.5. The SMILES string of the molecule is CN(C(=O)c1cccc([N+](=O)[O-])c1)c1ccc(OCC(=O)NCC(=O)O)cc1. The first-order chi connectivity index (χ1) is 13.3. The number of ether oxygens (including phenoxy) is 1. The molecular formula is C18H17N3O7. The first-order valence-electron chi connectivity index (χ1n) is 8.02. The van der Waals surface area contributed by atoms with Crippen LogP contribution in [0.4, 0.5) is 11.4 Å². The maximum absolute atomic E-state index is 12.5. The number of nitrogens with zero attached hydrogens (tertiary/aromatic N) is 2. The maximum Gasteiger partial charge on any atom is 0.322 e. The van der Waals surface area contributed by atoms with E-state index >= 15 is 0 Å². The van der Waals surface area contributed by atoms with Crippen LogP contribution < -0.4 is 15.0 Å². The lowest BCUT2D eigenvalue weighted by Gasteiger charge is -2.18. The zero-order valence-electron chi connectivity index (χ0n) is 14.8. The second-order valence-electron chi connectivity index (χ2n) is 5.62. The van der Waals surface area contributed by atoms with Gasteiger partial charge in [-0.05, 0) is 30.3 Å². The molecule has 2 N–H and O–H groups in total. The zero-order valence-corrected chi connectivity index (χ0v) is 14.8. The Kier molecular flexibility index (Phi) is 6.63. The molecule has 0 unspecified atom stereocenters. The van der Waals surface area contributed by atoms with Crippen molar-refractivity contribution >= 4 is 29.2 Å². The van der Waals surface area contributed by atoms with Crippen molar-refractivity contribution < 1.29 is 29.2 Å². The average Bonchev–Trinajstić information content (AvgIpc) is 2.70. The van der Waals surface area contributed by atoms with E-state index in [0.29, 0.717) is 11.4 Å². The van der Waals surface area contributed by atoms with Gasteiger partial charge < -0.3 is 20.1 Å². The van der Waals surface area contributed by atoms with E-state index in [2.05, 4.69) is 5.32 Å². The number of carbonyl (C=O) groups is 3. The highest BCUT2D eigenvalue weighted by Crippen LogP contribution is 2.21. The monoisotopic (exact) mass is 387 g/mol. The molecule has 10 heteroatoms. The number of carboxylic acid groups (broad SMARTS) is 1. The van der Waals surface area contributed by atoms with Gasteiger partial charge in [-0.25, -0.2) is 0 Å². The van der Waals surface area contributed by atoms with Crippen LogP contribution in [0, 0.1) is 10.1 Å². The van der Waals surface area contributed by atoms with E-state index < -0.39 is 29.3 Å². The third kappa shape index (κ3) is 5.53. The minimum absolute atomic E-state index is 0.173. The van der Waals surface area contributed by atoms with E-state index in [9.17, 15) is 24.5 Å². The molecule has 0 saturated carbocycles. The maximum atomic E-state index is 12.5. The summed E-state index contributed by atoms with van der Waals surface area (Å²) in [6.45, 7) is -0.846. The fourth-order valence-electron chi connectivity index (χ4n) is 2.20. The fourth-order valence-corrected chi connectivity index (χ4v) is 2.20. The van der Waals surface area contributed by atoms with Gasteiger partial charge in [0, 0.05) is 30.4 Å². The second-order valence-corrected chi connectivity index (χ2v) is 5.62. The van der Waals surface area contributed by atoms with Gasteiger partial charge in [-0.3, -0.25) is 24.5 Å². The lowest BCUT2D eigenvalue weighted by Crippen LogP contribution is -2.33. The predicted octanol–water partition coefficient (Wildman–Crippen LogP) is 1.45. The topological polar surface area (TPSA) is 139 Å². The highest BCUT2D eigenvalue weighted by molar-refractivity contribution is 6.06. The van der Waals surface area contributed by atoms with Crippen molar-refractivity contribution in [3.8, 4) is 5.75 Å². The van der Waals surface area contributed by atoms with Gasteiger partial charge in [-0.15, -0.1) is 0 Å².